The maximum absolute atomic E-state index is 14.7. The summed E-state index contributed by atoms with van der Waals surface area (Å²) in [6.07, 6.45) is 5.26. The molecule has 484 valence electrons. The fourth-order valence-corrected chi connectivity index (χ4v) is 10.0. The highest BCUT2D eigenvalue weighted by Gasteiger charge is 2.39. The standard InChI is InChI=1S/C61H82N16O12S/c1-33(2)24-45(57(85)72-43(53(65)81)22-23-90-6)74-58(86)47(27-40-30-66-32-69-40)71-50(79)31-68-60(88)52(34(3)4)76-54(82)35(5)70-56(84)46(26-38-29-67-42-15-11-10-14-41(38)42)75-55(83)44(20-21-49(64)78)73-59(87)48(25-36-12-8-7-9-13-36)77(51(80)28-62)61(89)37-16-18-39(63)19-17-37/h7-19,29-30,32-35,43-48,52,67H,20-28,31,62-63H2,1-6H3,(H2,64,78)(H2,65,81)(H,66,69)(H,68,88)(H,70,84)(H,71,79)(H,72,85)(H,73,87)(H,74,86)(H,75,83)(H,76,82)/t35-,43-,44-,45-,46-,47-,48+,52-/m0/s1. The Kier molecular flexibility index (Phi) is 27.5. The molecule has 0 aliphatic heterocycles. The van der Waals surface area contributed by atoms with Crippen molar-refractivity contribution in [2.45, 2.75) is 128 Å². The van der Waals surface area contributed by atoms with E-state index in [0.29, 0.717) is 44.1 Å². The first kappa shape index (κ1) is 71.1. The fraction of sp³-hybridized carbons (Fsp3) is 0.426. The van der Waals surface area contributed by atoms with Crippen molar-refractivity contribution < 1.29 is 57.5 Å². The fourth-order valence-electron chi connectivity index (χ4n) is 9.57. The van der Waals surface area contributed by atoms with Crippen LogP contribution in [0.4, 0.5) is 5.69 Å². The van der Waals surface area contributed by atoms with Crippen LogP contribution >= 0.6 is 11.8 Å². The molecule has 28 nitrogen and oxygen atoms in total. The predicted molar refractivity (Wildman–Crippen MR) is 336 cm³/mol. The number of aromatic nitrogens is 3. The van der Waals surface area contributed by atoms with E-state index in [0.717, 1.165) is 0 Å². The van der Waals surface area contributed by atoms with Gasteiger partial charge in [-0.2, -0.15) is 11.8 Å². The quantitative estimate of drug-likeness (QED) is 0.0222. The molecule has 2 aromatic heterocycles. The second-order valence-corrected chi connectivity index (χ2v) is 23.3. The molecule has 2 heterocycles. The van der Waals surface area contributed by atoms with Crippen LogP contribution in [0.3, 0.4) is 0 Å². The average Bonchev–Trinajstić information content (AvgIpc) is 1.58. The highest BCUT2D eigenvalue weighted by Crippen LogP contribution is 2.21. The van der Waals surface area contributed by atoms with Gasteiger partial charge in [-0.05, 0) is 91.5 Å². The molecule has 0 aliphatic rings. The van der Waals surface area contributed by atoms with Gasteiger partial charge in [0.15, 0.2) is 0 Å². The SMILES string of the molecule is CSCC[C@H](NC(=O)[C@H](CC(C)C)NC(=O)[C@H](Cc1cnc[nH]1)NC(=O)CNC(=O)[C@@H](NC(=O)[C@H](C)NC(=O)[C@H](Cc1c[nH]c2ccccc12)NC(=O)[C@H](CCC(N)=O)NC(=O)[C@@H](Cc1ccccc1)N(C(=O)CN)C(=O)c1ccc(N)cc1)C(C)C)C(N)=O. The number of aromatic amines is 2. The molecule has 0 saturated carbocycles. The number of carbonyl (C=O) groups excluding carboxylic acids is 12. The van der Waals surface area contributed by atoms with Crippen LogP contribution in [-0.4, -0.2) is 164 Å². The Labute approximate surface area is 524 Å². The number of imidazole rings is 1. The normalized spacial score (nSPS) is 13.8. The van der Waals surface area contributed by atoms with Crippen LogP contribution in [0.2, 0.25) is 0 Å². The third-order valence-corrected chi connectivity index (χ3v) is 15.1. The summed E-state index contributed by atoms with van der Waals surface area (Å²) in [7, 11) is 0. The molecule has 12 amide bonds. The van der Waals surface area contributed by atoms with Crippen LogP contribution in [0.5, 0.6) is 0 Å². The van der Waals surface area contributed by atoms with Gasteiger partial charge in [0.25, 0.3) is 5.91 Å². The van der Waals surface area contributed by atoms with Crippen molar-refractivity contribution in [2.24, 2.45) is 29.0 Å². The summed E-state index contributed by atoms with van der Waals surface area (Å²) in [6, 6.07) is 10.2. The second-order valence-electron chi connectivity index (χ2n) is 22.3. The molecule has 0 aliphatic carbocycles. The van der Waals surface area contributed by atoms with E-state index in [9.17, 15) is 57.5 Å². The van der Waals surface area contributed by atoms with E-state index >= 15 is 0 Å². The molecule has 0 bridgehead atoms. The minimum atomic E-state index is -1.63. The number of nitrogen functional groups attached to an aromatic ring is 1. The maximum atomic E-state index is 14.7. The number of benzene rings is 3. The predicted octanol–water partition coefficient (Wildman–Crippen LogP) is -0.767. The Bertz CT molecular complexity index is 3310. The smallest absolute Gasteiger partial charge is 0.261 e. The molecule has 0 radical (unpaired) electrons. The molecule has 18 N–H and O–H groups in total. The molecule has 0 spiro atoms. The highest BCUT2D eigenvalue weighted by atomic mass is 32.2. The van der Waals surface area contributed by atoms with E-state index in [1.165, 1.54) is 55.5 Å². The summed E-state index contributed by atoms with van der Waals surface area (Å²) in [6.45, 7) is 6.85. The molecule has 8 atom stereocenters. The minimum Gasteiger partial charge on any atom is -0.399 e. The van der Waals surface area contributed by atoms with Crippen LogP contribution in [0.25, 0.3) is 10.9 Å². The lowest BCUT2D eigenvalue weighted by atomic mass is 10.0. The van der Waals surface area contributed by atoms with Crippen LogP contribution < -0.4 is 65.5 Å². The first-order valence-corrected chi connectivity index (χ1v) is 30.6. The lowest BCUT2D eigenvalue weighted by Crippen LogP contribution is -2.60. The van der Waals surface area contributed by atoms with E-state index < -0.39 is 151 Å². The number of anilines is 1. The number of amides is 12. The number of para-hydroxylation sites is 1. The van der Waals surface area contributed by atoms with Crippen molar-refractivity contribution in [3.05, 3.63) is 120 Å². The Morgan fingerprint density at radius 3 is 1.86 bits per heavy atom. The van der Waals surface area contributed by atoms with Gasteiger partial charge in [-0.25, -0.2) is 4.98 Å². The number of rotatable bonds is 35. The number of nitrogens with zero attached hydrogens (tertiary/aromatic N) is 2. The van der Waals surface area contributed by atoms with Gasteiger partial charge in [0.1, 0.15) is 48.3 Å². The Morgan fingerprint density at radius 2 is 1.23 bits per heavy atom. The molecule has 90 heavy (non-hydrogen) atoms. The van der Waals surface area contributed by atoms with Gasteiger partial charge < -0.3 is 75.4 Å². The summed E-state index contributed by atoms with van der Waals surface area (Å²) in [4.78, 5) is 176. The largest absolute Gasteiger partial charge is 0.399 e. The van der Waals surface area contributed by atoms with Crippen molar-refractivity contribution in [1.29, 1.82) is 0 Å². The van der Waals surface area contributed by atoms with E-state index in [2.05, 4.69) is 57.5 Å². The summed E-state index contributed by atoms with van der Waals surface area (Å²) >= 11 is 1.46. The maximum Gasteiger partial charge on any atom is 0.261 e. The van der Waals surface area contributed by atoms with E-state index in [-0.39, 0.29) is 43.6 Å². The topological polar surface area (TPSA) is 453 Å². The number of hydrogen-bond acceptors (Lipinski definition) is 16. The molecular weight excluding hydrogens is 1180 g/mol. The van der Waals surface area contributed by atoms with E-state index in [1.807, 2.05) is 20.1 Å². The number of fused-ring (bicyclic) bond motifs is 1. The van der Waals surface area contributed by atoms with Gasteiger partial charge in [0.2, 0.25) is 65.0 Å². The first-order chi connectivity index (χ1) is 42.8. The molecule has 3 aromatic carbocycles. The van der Waals surface area contributed by atoms with E-state index in [1.54, 1.807) is 74.6 Å². The Hall–Kier alpha value is -9.64. The molecule has 29 heteroatoms. The van der Waals surface area contributed by atoms with Gasteiger partial charge in [-0.1, -0.05) is 76.2 Å². The summed E-state index contributed by atoms with van der Waals surface area (Å²) < 4.78 is 0. The minimum absolute atomic E-state index is 0.00839. The summed E-state index contributed by atoms with van der Waals surface area (Å²) in [5, 5.41) is 21.5. The van der Waals surface area contributed by atoms with Crippen molar-refractivity contribution in [1.82, 2.24) is 62.4 Å². The molecule has 5 rings (SSSR count). The number of H-pyrrole nitrogens is 2. The Morgan fingerprint density at radius 1 is 0.622 bits per heavy atom. The van der Waals surface area contributed by atoms with Crippen molar-refractivity contribution in [3.63, 3.8) is 0 Å². The molecular formula is C61H82N16O12S. The number of hydrogen-bond donors (Lipinski definition) is 14. The zero-order chi connectivity index (χ0) is 66.2. The van der Waals surface area contributed by atoms with E-state index in [4.69, 9.17) is 22.9 Å². The zero-order valence-electron chi connectivity index (χ0n) is 51.1. The lowest BCUT2D eigenvalue weighted by molar-refractivity contribution is -0.138. The van der Waals surface area contributed by atoms with Gasteiger partial charge in [-0.3, -0.25) is 62.4 Å². The first-order valence-electron chi connectivity index (χ1n) is 29.2. The van der Waals surface area contributed by atoms with Gasteiger partial charge in [-0.15, -0.1) is 0 Å². The van der Waals surface area contributed by atoms with Crippen molar-refractivity contribution >= 4 is 99.2 Å². The van der Waals surface area contributed by atoms with Gasteiger partial charge in [0, 0.05) is 65.9 Å². The number of imide groups is 1. The summed E-state index contributed by atoms with van der Waals surface area (Å²) in [5.41, 5.74) is 25.3. The van der Waals surface area contributed by atoms with Gasteiger partial charge in [0.05, 0.1) is 19.4 Å². The number of nitrogens with one attached hydrogen (secondary N) is 10. The van der Waals surface area contributed by atoms with Crippen molar-refractivity contribution in [3.8, 4) is 0 Å². The lowest BCUT2D eigenvalue weighted by Gasteiger charge is -2.31. The Balaban J connectivity index is 1.33. The third-order valence-electron chi connectivity index (χ3n) is 14.4. The third kappa shape index (κ3) is 21.6. The number of nitrogens with two attached hydrogens (primary N) is 4. The molecule has 0 saturated heterocycles. The highest BCUT2D eigenvalue weighted by molar-refractivity contribution is 7.98. The van der Waals surface area contributed by atoms with Crippen LogP contribution in [0.15, 0.2) is 97.6 Å². The molecule has 0 unspecified atom stereocenters. The number of primary amides is 2. The van der Waals surface area contributed by atoms with Crippen LogP contribution in [0.1, 0.15) is 87.5 Å². The second kappa shape index (κ2) is 34.8. The average molecular weight is 1260 g/mol. The number of thioether (sulfide) groups is 1. The monoisotopic (exact) mass is 1260 g/mol. The van der Waals surface area contributed by atoms with Crippen molar-refractivity contribution in [2.75, 3.05) is 30.8 Å². The molecule has 0 fully saturated rings. The number of carbonyl (C=O) groups is 12. The summed E-state index contributed by atoms with van der Waals surface area (Å²) in [5.74, 6) is -10.4. The van der Waals surface area contributed by atoms with Crippen LogP contribution in [-0.2, 0) is 72.0 Å². The molecule has 5 aromatic rings. The zero-order valence-corrected chi connectivity index (χ0v) is 51.9. The van der Waals surface area contributed by atoms with Gasteiger partial charge >= 0.3 is 0 Å². The van der Waals surface area contributed by atoms with Crippen LogP contribution in [0, 0.1) is 11.8 Å².